The molecular formula is C13H21NO4S. The lowest BCUT2D eigenvalue weighted by atomic mass is 10.3. The van der Waals surface area contributed by atoms with Gasteiger partial charge < -0.3 is 14.8 Å². The summed E-state index contributed by atoms with van der Waals surface area (Å²) in [6.07, 6.45) is 0. The lowest BCUT2D eigenvalue weighted by Crippen LogP contribution is -2.22. The Morgan fingerprint density at radius 1 is 1.11 bits per heavy atom. The first-order valence-corrected chi connectivity index (χ1v) is 7.79. The molecule has 19 heavy (non-hydrogen) atoms. The molecule has 0 aromatic heterocycles. The highest BCUT2D eigenvalue weighted by Crippen LogP contribution is 2.25. The number of nitrogens with one attached hydrogen (secondary N) is 1. The Labute approximate surface area is 114 Å². The number of anilines is 1. The van der Waals surface area contributed by atoms with Gasteiger partial charge in [-0.25, -0.2) is 8.42 Å². The fraction of sp³-hybridized carbons (Fsp3) is 0.538. The lowest BCUT2D eigenvalue weighted by molar-refractivity contribution is 0.394. The Morgan fingerprint density at radius 2 is 1.63 bits per heavy atom. The van der Waals surface area contributed by atoms with E-state index in [1.165, 1.54) is 0 Å². The maximum Gasteiger partial charge on any atom is 0.154 e. The molecule has 5 nitrogen and oxygen atoms in total. The second-order valence-electron chi connectivity index (χ2n) is 4.44. The third kappa shape index (κ3) is 4.63. The summed E-state index contributed by atoms with van der Waals surface area (Å²) in [6.45, 7) is 3.73. The van der Waals surface area contributed by atoms with Crippen LogP contribution < -0.4 is 14.8 Å². The van der Waals surface area contributed by atoms with Crippen LogP contribution in [0.3, 0.4) is 0 Å². The highest BCUT2D eigenvalue weighted by molar-refractivity contribution is 7.92. The van der Waals surface area contributed by atoms with E-state index in [-0.39, 0.29) is 11.0 Å². The molecule has 0 spiro atoms. The Balaban J connectivity index is 2.68. The van der Waals surface area contributed by atoms with E-state index in [4.69, 9.17) is 9.47 Å². The maximum absolute atomic E-state index is 11.7. The van der Waals surface area contributed by atoms with Crippen molar-refractivity contribution in [2.24, 2.45) is 0 Å². The van der Waals surface area contributed by atoms with E-state index in [1.807, 2.05) is 0 Å². The van der Waals surface area contributed by atoms with Gasteiger partial charge in [-0.15, -0.1) is 0 Å². The summed E-state index contributed by atoms with van der Waals surface area (Å²) in [4.78, 5) is 0. The van der Waals surface area contributed by atoms with Gasteiger partial charge in [-0.05, 0) is 13.8 Å². The molecule has 0 heterocycles. The third-order valence-corrected chi connectivity index (χ3v) is 5.00. The van der Waals surface area contributed by atoms with Crippen molar-refractivity contribution in [2.45, 2.75) is 19.1 Å². The van der Waals surface area contributed by atoms with Crippen LogP contribution in [0.5, 0.6) is 11.5 Å². The van der Waals surface area contributed by atoms with Crippen LogP contribution >= 0.6 is 0 Å². The molecule has 6 heteroatoms. The van der Waals surface area contributed by atoms with Crippen molar-refractivity contribution in [3.05, 3.63) is 18.2 Å². The number of sulfone groups is 1. The van der Waals surface area contributed by atoms with Gasteiger partial charge >= 0.3 is 0 Å². The number of ether oxygens (including phenoxy) is 2. The minimum absolute atomic E-state index is 0.101. The van der Waals surface area contributed by atoms with Crippen LogP contribution in [0.2, 0.25) is 0 Å². The quantitative estimate of drug-likeness (QED) is 0.830. The summed E-state index contributed by atoms with van der Waals surface area (Å²) in [7, 11) is 0.118. The topological polar surface area (TPSA) is 64.6 Å². The molecule has 0 unspecified atom stereocenters. The summed E-state index contributed by atoms with van der Waals surface area (Å²) in [5, 5.41) is 2.71. The third-order valence-electron chi connectivity index (χ3n) is 2.79. The van der Waals surface area contributed by atoms with Crippen molar-refractivity contribution in [1.29, 1.82) is 0 Å². The van der Waals surface area contributed by atoms with Crippen LogP contribution in [0.15, 0.2) is 18.2 Å². The van der Waals surface area contributed by atoms with Crippen LogP contribution in [0.4, 0.5) is 5.69 Å². The predicted octanol–water partition coefficient (Wildman–Crippen LogP) is 1.94. The molecule has 0 bridgehead atoms. The summed E-state index contributed by atoms with van der Waals surface area (Å²) >= 11 is 0. The number of hydrogen-bond donors (Lipinski definition) is 1. The Morgan fingerprint density at radius 3 is 2.05 bits per heavy atom. The van der Waals surface area contributed by atoms with Gasteiger partial charge in [0.15, 0.2) is 9.84 Å². The molecule has 0 fully saturated rings. The smallest absolute Gasteiger partial charge is 0.154 e. The molecule has 1 rings (SSSR count). The van der Waals surface area contributed by atoms with E-state index in [0.29, 0.717) is 18.0 Å². The second kappa shape index (κ2) is 6.65. The zero-order valence-corrected chi connectivity index (χ0v) is 12.6. The molecule has 1 aromatic rings. The molecular weight excluding hydrogens is 266 g/mol. The molecule has 0 amide bonds. The largest absolute Gasteiger partial charge is 0.497 e. The Bertz CT molecular complexity index is 489. The molecule has 0 saturated carbocycles. The Kier molecular flexibility index (Phi) is 5.47. The molecule has 0 aliphatic carbocycles. The van der Waals surface area contributed by atoms with Gasteiger partial charge in [-0.1, -0.05) is 0 Å². The van der Waals surface area contributed by atoms with Crippen LogP contribution in [0.25, 0.3) is 0 Å². The van der Waals surface area contributed by atoms with Crippen molar-refractivity contribution in [3.8, 4) is 11.5 Å². The fourth-order valence-corrected chi connectivity index (χ4v) is 2.34. The highest BCUT2D eigenvalue weighted by Gasteiger charge is 2.15. The van der Waals surface area contributed by atoms with Crippen molar-refractivity contribution < 1.29 is 17.9 Å². The molecule has 0 aliphatic rings. The average Bonchev–Trinajstić information content (AvgIpc) is 2.37. The van der Waals surface area contributed by atoms with Gasteiger partial charge in [-0.2, -0.15) is 0 Å². The zero-order chi connectivity index (χ0) is 14.5. The highest BCUT2D eigenvalue weighted by atomic mass is 32.2. The summed E-state index contributed by atoms with van der Waals surface area (Å²) in [5.41, 5.74) is 0.773. The SMILES string of the molecule is COc1cc(NCCS(=O)(=O)C(C)C)cc(OC)c1. The van der Waals surface area contributed by atoms with Gasteiger partial charge in [0.25, 0.3) is 0 Å². The van der Waals surface area contributed by atoms with E-state index in [0.717, 1.165) is 5.69 Å². The van der Waals surface area contributed by atoms with E-state index < -0.39 is 9.84 Å². The van der Waals surface area contributed by atoms with E-state index >= 15 is 0 Å². The first kappa shape index (κ1) is 15.6. The first-order chi connectivity index (χ1) is 8.89. The van der Waals surface area contributed by atoms with E-state index in [9.17, 15) is 8.42 Å². The number of methoxy groups -OCH3 is 2. The van der Waals surface area contributed by atoms with Gasteiger partial charge in [0, 0.05) is 30.4 Å². The fourth-order valence-electron chi connectivity index (χ4n) is 1.48. The summed E-state index contributed by atoms with van der Waals surface area (Å²) in [5.74, 6) is 1.42. The number of hydrogen-bond acceptors (Lipinski definition) is 5. The number of benzene rings is 1. The number of rotatable bonds is 7. The van der Waals surface area contributed by atoms with Gasteiger partial charge in [0.2, 0.25) is 0 Å². The van der Waals surface area contributed by atoms with Crippen LogP contribution in [-0.2, 0) is 9.84 Å². The van der Waals surface area contributed by atoms with E-state index in [1.54, 1.807) is 46.3 Å². The standard InChI is InChI=1S/C13H21NO4S/c1-10(2)19(15,16)6-5-14-11-7-12(17-3)9-13(8-11)18-4/h7-10,14H,5-6H2,1-4H3. The van der Waals surface area contributed by atoms with Gasteiger partial charge in [0.1, 0.15) is 11.5 Å². The van der Waals surface area contributed by atoms with Gasteiger partial charge in [0.05, 0.1) is 25.2 Å². The first-order valence-electron chi connectivity index (χ1n) is 6.07. The normalized spacial score (nSPS) is 11.4. The molecule has 0 saturated heterocycles. The van der Waals surface area contributed by atoms with Crippen LogP contribution in [-0.4, -0.2) is 40.2 Å². The van der Waals surface area contributed by atoms with Crippen LogP contribution in [0.1, 0.15) is 13.8 Å². The van der Waals surface area contributed by atoms with Crippen molar-refractivity contribution in [1.82, 2.24) is 0 Å². The van der Waals surface area contributed by atoms with Gasteiger partial charge in [-0.3, -0.25) is 0 Å². The van der Waals surface area contributed by atoms with Crippen molar-refractivity contribution in [3.63, 3.8) is 0 Å². The molecule has 1 N–H and O–H groups in total. The lowest BCUT2D eigenvalue weighted by Gasteiger charge is -2.12. The maximum atomic E-state index is 11.7. The summed E-state index contributed by atoms with van der Waals surface area (Å²) in [6, 6.07) is 5.35. The summed E-state index contributed by atoms with van der Waals surface area (Å²) < 4.78 is 33.6. The molecule has 108 valence electrons. The minimum atomic E-state index is -3.02. The zero-order valence-electron chi connectivity index (χ0n) is 11.8. The van der Waals surface area contributed by atoms with Crippen molar-refractivity contribution >= 4 is 15.5 Å². The van der Waals surface area contributed by atoms with E-state index in [2.05, 4.69) is 5.32 Å². The second-order valence-corrected chi connectivity index (χ2v) is 7.12. The molecule has 0 radical (unpaired) electrons. The molecule has 1 aromatic carbocycles. The Hall–Kier alpha value is -1.43. The average molecular weight is 287 g/mol. The monoisotopic (exact) mass is 287 g/mol. The molecule has 0 aliphatic heterocycles. The van der Waals surface area contributed by atoms with Crippen molar-refractivity contribution in [2.75, 3.05) is 31.8 Å². The molecule has 0 atom stereocenters. The van der Waals surface area contributed by atoms with Crippen LogP contribution in [0, 0.1) is 0 Å². The predicted molar refractivity (Wildman–Crippen MR) is 77.0 cm³/mol. The minimum Gasteiger partial charge on any atom is -0.497 e.